The number of benzene rings is 2. The minimum absolute atomic E-state index is 0.0922. The summed E-state index contributed by atoms with van der Waals surface area (Å²) in [5, 5.41) is 17.0. The molecule has 4 aromatic heterocycles. The first-order valence-electron chi connectivity index (χ1n) is 24.8. The highest BCUT2D eigenvalue weighted by Gasteiger charge is 2.45. The van der Waals surface area contributed by atoms with Crippen molar-refractivity contribution in [3.05, 3.63) is 69.7 Å². The number of carboxylic acid groups (broad SMARTS) is 1. The number of fused-ring (bicyclic) bond motifs is 2. The average Bonchev–Trinajstić information content (AvgIpc) is 4.18. The lowest BCUT2D eigenvalue weighted by atomic mass is 10.1. The van der Waals surface area contributed by atoms with Crippen LogP contribution in [0.5, 0.6) is 23.0 Å². The Balaban J connectivity index is 0.000000219. The first-order chi connectivity index (χ1) is 35.3. The number of esters is 1. The highest BCUT2D eigenvalue weighted by atomic mass is 32.1. The standard InChI is InChI=1S/C28H35N3O6S.C27H33N3O6S/c1-15(2)20-14-38-25(30-20)19-12-23(18-9-10-22(34-7)16(3)24(18)29-19)36-17-11-21(26(32)35-8)31(13-17)27(33)37-28(4,5)6;1-14(2)19-13-37-24(29-19)18-11-22(17-8-9-21(34-7)15(3)23(17)28-18)35-16-10-20(25(31)32)30(12-16)26(33)36-27(4,5)6/h9-10,12,14-15,17,21H,11,13H2,1-8H3;8-9,11,13-14,16,20H,10,12H2,1-7H3,(H,31,32)/t17-,21+;16-,20+/m11/s1. The summed E-state index contributed by atoms with van der Waals surface area (Å²) in [6.07, 6.45) is -1.85. The lowest BCUT2D eigenvalue weighted by molar-refractivity contribution is -0.145. The number of methoxy groups -OCH3 is 3. The van der Waals surface area contributed by atoms with Gasteiger partial charge in [-0.2, -0.15) is 0 Å². The summed E-state index contributed by atoms with van der Waals surface area (Å²) in [6, 6.07) is 9.39. The van der Waals surface area contributed by atoms with E-state index in [2.05, 4.69) is 27.7 Å². The third-order valence-corrected chi connectivity index (χ3v) is 14.3. The van der Waals surface area contributed by atoms with E-state index < -0.39 is 59.6 Å². The summed E-state index contributed by atoms with van der Waals surface area (Å²) < 4.78 is 39.9. The van der Waals surface area contributed by atoms with E-state index in [1.807, 2.05) is 61.0 Å². The first-order valence-corrected chi connectivity index (χ1v) is 26.6. The fraction of sp³-hybridized carbons (Fsp3) is 0.491. The maximum absolute atomic E-state index is 12.9. The molecule has 402 valence electrons. The molecule has 0 saturated carbocycles. The molecule has 2 saturated heterocycles. The quantitative estimate of drug-likeness (QED) is 0.0892. The number of aromatic nitrogens is 4. The Morgan fingerprint density at radius 1 is 0.613 bits per heavy atom. The van der Waals surface area contributed by atoms with Gasteiger partial charge in [0.25, 0.3) is 0 Å². The van der Waals surface area contributed by atoms with Gasteiger partial charge in [0.1, 0.15) is 79.9 Å². The van der Waals surface area contributed by atoms with E-state index >= 15 is 0 Å². The second kappa shape index (κ2) is 22.6. The van der Waals surface area contributed by atoms with Gasteiger partial charge in [0.15, 0.2) is 0 Å². The lowest BCUT2D eigenvalue weighted by Crippen LogP contribution is -2.44. The normalized spacial score (nSPS) is 17.8. The van der Waals surface area contributed by atoms with Crippen molar-refractivity contribution < 1.29 is 57.4 Å². The Kier molecular flexibility index (Phi) is 16.8. The highest BCUT2D eigenvalue weighted by Crippen LogP contribution is 2.40. The summed E-state index contributed by atoms with van der Waals surface area (Å²) in [6.45, 7) is 23.1. The summed E-state index contributed by atoms with van der Waals surface area (Å²) in [4.78, 5) is 72.2. The van der Waals surface area contributed by atoms with Crippen LogP contribution in [-0.2, 0) is 23.8 Å². The SMILES string of the molecule is COC(=O)[C@@H]1C[C@@H](Oc2cc(-c3nc(C(C)C)cs3)nc3c(C)c(OC)ccc23)CN1C(=O)OC(C)(C)C.COc1ccc2c(O[C@@H]3C[C@@H](C(=O)O)N(C(=O)OC(C)(C)C)C3)cc(-c3nc(C(C)C)cs3)nc2c1C. The number of aliphatic carboxylic acids is 1. The monoisotopic (exact) mass is 1070 g/mol. The van der Waals surface area contributed by atoms with E-state index in [0.717, 1.165) is 54.6 Å². The zero-order valence-electron chi connectivity index (χ0n) is 45.3. The maximum Gasteiger partial charge on any atom is 0.411 e. The third-order valence-electron chi connectivity index (χ3n) is 12.5. The Labute approximate surface area is 445 Å². The molecule has 2 fully saturated rings. The number of hydrogen-bond acceptors (Lipinski definition) is 17. The van der Waals surface area contributed by atoms with Crippen molar-refractivity contribution >= 4 is 68.6 Å². The Morgan fingerprint density at radius 3 is 1.36 bits per heavy atom. The number of thiazole rings is 2. The number of carbonyl (C=O) groups is 4. The van der Waals surface area contributed by atoms with Crippen molar-refractivity contribution in [3.63, 3.8) is 0 Å². The van der Waals surface area contributed by atoms with Crippen LogP contribution >= 0.6 is 22.7 Å². The molecule has 18 nitrogen and oxygen atoms in total. The van der Waals surface area contributed by atoms with E-state index in [0.29, 0.717) is 40.1 Å². The van der Waals surface area contributed by atoms with Crippen molar-refractivity contribution in [1.82, 2.24) is 29.7 Å². The van der Waals surface area contributed by atoms with Gasteiger partial charge in [0.05, 0.1) is 56.8 Å². The Hall–Kier alpha value is -6.80. The average molecular weight is 1070 g/mol. The predicted octanol–water partition coefficient (Wildman–Crippen LogP) is 11.4. The molecular formula is C55H68N6O12S2. The maximum atomic E-state index is 12.9. The van der Waals surface area contributed by atoms with Crippen LogP contribution in [0.1, 0.15) is 116 Å². The minimum Gasteiger partial charge on any atom is -0.496 e. The Bertz CT molecular complexity index is 3080. The number of likely N-dealkylation sites (tertiary alicyclic amines) is 2. The molecule has 1 N–H and O–H groups in total. The molecule has 0 radical (unpaired) electrons. The van der Waals surface area contributed by atoms with Crippen molar-refractivity contribution in [2.75, 3.05) is 34.4 Å². The zero-order chi connectivity index (χ0) is 54.8. The van der Waals surface area contributed by atoms with Gasteiger partial charge in [-0.15, -0.1) is 22.7 Å². The van der Waals surface area contributed by atoms with Crippen LogP contribution < -0.4 is 18.9 Å². The third kappa shape index (κ3) is 12.8. The van der Waals surface area contributed by atoms with Crippen LogP contribution in [-0.4, -0.2) is 129 Å². The first kappa shape index (κ1) is 55.9. The van der Waals surface area contributed by atoms with E-state index in [1.165, 1.54) is 39.6 Å². The van der Waals surface area contributed by atoms with Crippen molar-refractivity contribution in [2.45, 2.75) is 143 Å². The molecule has 6 heterocycles. The number of amides is 2. The molecule has 2 aliphatic rings. The molecule has 4 atom stereocenters. The Morgan fingerprint density at radius 2 is 1.01 bits per heavy atom. The predicted molar refractivity (Wildman–Crippen MR) is 288 cm³/mol. The van der Waals surface area contributed by atoms with Crippen LogP contribution in [0, 0.1) is 13.8 Å². The fourth-order valence-electron chi connectivity index (χ4n) is 8.72. The molecule has 0 unspecified atom stereocenters. The summed E-state index contributed by atoms with van der Waals surface area (Å²) in [5.74, 6) is 1.54. The summed E-state index contributed by atoms with van der Waals surface area (Å²) in [5.41, 5.74) is 5.08. The molecule has 0 spiro atoms. The molecule has 2 aromatic carbocycles. The number of hydrogen-bond donors (Lipinski definition) is 1. The number of carbonyl (C=O) groups excluding carboxylic acids is 3. The number of carboxylic acids is 1. The largest absolute Gasteiger partial charge is 0.496 e. The smallest absolute Gasteiger partial charge is 0.411 e. The van der Waals surface area contributed by atoms with E-state index in [9.17, 15) is 24.3 Å². The van der Waals surface area contributed by atoms with E-state index in [4.69, 9.17) is 53.1 Å². The number of nitrogens with zero attached hydrogens (tertiary/aromatic N) is 6. The molecule has 0 bridgehead atoms. The second-order valence-electron chi connectivity index (χ2n) is 21.2. The van der Waals surface area contributed by atoms with E-state index in [1.54, 1.807) is 55.8 Å². The highest BCUT2D eigenvalue weighted by molar-refractivity contribution is 7.13. The van der Waals surface area contributed by atoms with Gasteiger partial charge < -0.3 is 38.3 Å². The summed E-state index contributed by atoms with van der Waals surface area (Å²) >= 11 is 3.05. The van der Waals surface area contributed by atoms with Gasteiger partial charge in [-0.05, 0) is 91.5 Å². The number of aryl methyl sites for hydroxylation is 2. The van der Waals surface area contributed by atoms with Crippen LogP contribution in [0.4, 0.5) is 9.59 Å². The van der Waals surface area contributed by atoms with Gasteiger partial charge >= 0.3 is 24.1 Å². The minimum atomic E-state index is -1.10. The van der Waals surface area contributed by atoms with Crippen LogP contribution in [0.3, 0.4) is 0 Å². The van der Waals surface area contributed by atoms with Crippen LogP contribution in [0.15, 0.2) is 47.2 Å². The number of pyridine rings is 2. The van der Waals surface area contributed by atoms with Gasteiger partial charge in [0.2, 0.25) is 0 Å². The van der Waals surface area contributed by atoms with Crippen molar-refractivity contribution in [1.29, 1.82) is 0 Å². The second-order valence-corrected chi connectivity index (χ2v) is 22.9. The number of ether oxygens (including phenoxy) is 7. The molecule has 2 amide bonds. The molecule has 8 rings (SSSR count). The lowest BCUT2D eigenvalue weighted by Gasteiger charge is -2.27. The van der Waals surface area contributed by atoms with Crippen molar-refractivity contribution in [3.8, 4) is 44.4 Å². The molecule has 20 heteroatoms. The van der Waals surface area contributed by atoms with Gasteiger partial charge in [-0.1, -0.05) is 27.7 Å². The molecule has 75 heavy (non-hydrogen) atoms. The molecule has 2 aliphatic heterocycles. The van der Waals surface area contributed by atoms with Gasteiger partial charge in [-0.25, -0.2) is 39.1 Å². The summed E-state index contributed by atoms with van der Waals surface area (Å²) in [7, 11) is 4.55. The van der Waals surface area contributed by atoms with E-state index in [-0.39, 0.29) is 31.8 Å². The number of rotatable bonds is 12. The zero-order valence-corrected chi connectivity index (χ0v) is 47.0. The van der Waals surface area contributed by atoms with Gasteiger partial charge in [0, 0.05) is 57.6 Å². The molecular weight excluding hydrogens is 1000 g/mol. The molecule has 0 aliphatic carbocycles. The molecule has 6 aromatic rings. The van der Waals surface area contributed by atoms with Crippen molar-refractivity contribution in [2.24, 2.45) is 0 Å². The van der Waals surface area contributed by atoms with Gasteiger partial charge in [-0.3, -0.25) is 9.80 Å². The van der Waals surface area contributed by atoms with Crippen LogP contribution in [0.25, 0.3) is 43.2 Å². The topological polar surface area (TPSA) is 211 Å². The van der Waals surface area contributed by atoms with Crippen LogP contribution in [0.2, 0.25) is 0 Å². The fourth-order valence-corrected chi connectivity index (χ4v) is 10.6.